The first-order chi connectivity index (χ1) is 3.77. The van der Waals surface area contributed by atoms with E-state index in [2.05, 4.69) is 10.2 Å². The van der Waals surface area contributed by atoms with E-state index in [4.69, 9.17) is 11.5 Å². The molecule has 0 saturated heterocycles. The van der Waals surface area contributed by atoms with Gasteiger partial charge in [0.05, 0.1) is 6.21 Å². The van der Waals surface area contributed by atoms with Crippen molar-refractivity contribution in [3.63, 3.8) is 0 Å². The minimum absolute atomic E-state index is 0.164. The van der Waals surface area contributed by atoms with E-state index in [0.29, 0.717) is 6.29 Å². The zero-order chi connectivity index (χ0) is 6.41. The highest BCUT2D eigenvalue weighted by Crippen LogP contribution is 1.61. The smallest absolute Gasteiger partial charge is 0.211 e. The Bertz CT molecular complexity index is 123. The molecule has 5 heteroatoms. The summed E-state index contributed by atoms with van der Waals surface area (Å²) in [5.41, 5.74) is 9.66. The Morgan fingerprint density at radius 1 is 1.50 bits per heavy atom. The van der Waals surface area contributed by atoms with Crippen LogP contribution < -0.4 is 11.5 Å². The van der Waals surface area contributed by atoms with E-state index in [1.807, 2.05) is 0 Å². The van der Waals surface area contributed by atoms with Crippen LogP contribution in [0.5, 0.6) is 0 Å². The lowest BCUT2D eigenvalue weighted by molar-refractivity contribution is -0.102. The maximum Gasteiger partial charge on any atom is 0.211 e. The molecular formula is C3H6N4O. The van der Waals surface area contributed by atoms with E-state index in [1.165, 1.54) is 0 Å². The van der Waals surface area contributed by atoms with Gasteiger partial charge in [0.25, 0.3) is 0 Å². The minimum atomic E-state index is -0.164. The van der Waals surface area contributed by atoms with Gasteiger partial charge in [0, 0.05) is 0 Å². The van der Waals surface area contributed by atoms with Gasteiger partial charge in [-0.15, -0.1) is 5.10 Å². The average Bonchev–Trinajstić information content (AvgIpc) is 1.66. The van der Waals surface area contributed by atoms with Gasteiger partial charge in [-0.05, 0) is 0 Å². The Hall–Kier alpha value is -1.39. The number of carbonyl (C=O) groups excluding carboxylic acids is 1. The molecule has 0 aromatic rings. The van der Waals surface area contributed by atoms with Crippen LogP contribution in [0.2, 0.25) is 0 Å². The van der Waals surface area contributed by atoms with Crippen molar-refractivity contribution in [2.75, 3.05) is 0 Å². The van der Waals surface area contributed by atoms with Gasteiger partial charge in [0.15, 0.2) is 6.29 Å². The van der Waals surface area contributed by atoms with E-state index in [0.717, 1.165) is 6.21 Å². The molecule has 0 rings (SSSR count). The van der Waals surface area contributed by atoms with Crippen molar-refractivity contribution in [3.05, 3.63) is 0 Å². The second-order valence-corrected chi connectivity index (χ2v) is 0.925. The van der Waals surface area contributed by atoms with Crippen molar-refractivity contribution in [1.82, 2.24) is 0 Å². The van der Waals surface area contributed by atoms with Gasteiger partial charge < -0.3 is 11.5 Å². The van der Waals surface area contributed by atoms with Crippen molar-refractivity contribution in [2.24, 2.45) is 21.7 Å². The topological polar surface area (TPSA) is 93.8 Å². The summed E-state index contributed by atoms with van der Waals surface area (Å²) in [6.07, 6.45) is 1.42. The van der Waals surface area contributed by atoms with Gasteiger partial charge in [-0.2, -0.15) is 5.10 Å². The summed E-state index contributed by atoms with van der Waals surface area (Å²) < 4.78 is 0. The summed E-state index contributed by atoms with van der Waals surface area (Å²) in [7, 11) is 0. The van der Waals surface area contributed by atoms with Crippen molar-refractivity contribution in [1.29, 1.82) is 0 Å². The fraction of sp³-hybridized carbons (Fsp3) is 0. The summed E-state index contributed by atoms with van der Waals surface area (Å²) in [6.45, 7) is 0. The van der Waals surface area contributed by atoms with Crippen molar-refractivity contribution < 1.29 is 4.79 Å². The van der Waals surface area contributed by atoms with Crippen LogP contribution in [-0.2, 0) is 4.79 Å². The van der Waals surface area contributed by atoms with Crippen molar-refractivity contribution >= 4 is 18.5 Å². The zero-order valence-corrected chi connectivity index (χ0v) is 4.11. The number of aldehydes is 1. The molecule has 0 aliphatic heterocycles. The van der Waals surface area contributed by atoms with Crippen LogP contribution in [0.25, 0.3) is 0 Å². The molecule has 0 fully saturated rings. The van der Waals surface area contributed by atoms with Gasteiger partial charge in [-0.1, -0.05) is 0 Å². The molecule has 0 saturated carbocycles. The summed E-state index contributed by atoms with van der Waals surface area (Å²) in [6, 6.07) is 0. The number of nitrogens with two attached hydrogens (primary N) is 2. The van der Waals surface area contributed by atoms with Gasteiger partial charge in [0.2, 0.25) is 5.96 Å². The maximum absolute atomic E-state index is 9.49. The Kier molecular flexibility index (Phi) is 3.13. The van der Waals surface area contributed by atoms with Crippen LogP contribution in [0.3, 0.4) is 0 Å². The first kappa shape index (κ1) is 6.61. The Morgan fingerprint density at radius 3 is 2.50 bits per heavy atom. The molecule has 0 aromatic carbocycles. The fourth-order valence-electron chi connectivity index (χ4n) is 0.127. The van der Waals surface area contributed by atoms with Crippen molar-refractivity contribution in [3.8, 4) is 0 Å². The second-order valence-electron chi connectivity index (χ2n) is 0.925. The highest BCUT2D eigenvalue weighted by Gasteiger charge is 1.69. The van der Waals surface area contributed by atoms with Gasteiger partial charge in [0.1, 0.15) is 0 Å². The molecule has 0 heterocycles. The molecule has 0 aliphatic carbocycles. The van der Waals surface area contributed by atoms with E-state index in [9.17, 15) is 4.79 Å². The molecule has 0 spiro atoms. The third-order valence-corrected chi connectivity index (χ3v) is 0.301. The van der Waals surface area contributed by atoms with E-state index < -0.39 is 0 Å². The molecule has 0 atom stereocenters. The summed E-state index contributed by atoms with van der Waals surface area (Å²) in [5.74, 6) is -0.164. The number of hydrogen-bond acceptors (Lipinski definition) is 3. The molecule has 44 valence electrons. The number of carbonyl (C=O) groups is 1. The predicted molar refractivity (Wildman–Crippen MR) is 30.4 cm³/mol. The number of guanidine groups is 1. The van der Waals surface area contributed by atoms with E-state index in [-0.39, 0.29) is 5.96 Å². The highest BCUT2D eigenvalue weighted by atomic mass is 16.1. The lowest BCUT2D eigenvalue weighted by Gasteiger charge is -1.78. The van der Waals surface area contributed by atoms with Gasteiger partial charge in [-0.25, -0.2) is 0 Å². The van der Waals surface area contributed by atoms with Crippen LogP contribution in [0, 0.1) is 0 Å². The number of hydrogen-bond donors (Lipinski definition) is 2. The number of nitrogens with zero attached hydrogens (tertiary/aromatic N) is 2. The monoisotopic (exact) mass is 114 g/mol. The lowest BCUT2D eigenvalue weighted by Crippen LogP contribution is -2.21. The third-order valence-electron chi connectivity index (χ3n) is 0.301. The minimum Gasteiger partial charge on any atom is -0.369 e. The number of rotatable bonds is 2. The first-order valence-electron chi connectivity index (χ1n) is 1.83. The lowest BCUT2D eigenvalue weighted by atomic mass is 10.9. The van der Waals surface area contributed by atoms with Crippen molar-refractivity contribution in [2.45, 2.75) is 0 Å². The normalized spacial score (nSPS) is 9.00. The largest absolute Gasteiger partial charge is 0.369 e. The summed E-state index contributed by atoms with van der Waals surface area (Å²) in [5, 5.41) is 6.26. The SMILES string of the molecule is NC(N)=N/N=C/C=O. The van der Waals surface area contributed by atoms with Crippen LogP contribution in [0.15, 0.2) is 10.2 Å². The van der Waals surface area contributed by atoms with E-state index in [1.54, 1.807) is 0 Å². The Morgan fingerprint density at radius 2 is 2.12 bits per heavy atom. The molecule has 0 amide bonds. The first-order valence-corrected chi connectivity index (χ1v) is 1.83. The quantitative estimate of drug-likeness (QED) is 0.197. The molecule has 8 heavy (non-hydrogen) atoms. The Balaban J connectivity index is 3.57. The predicted octanol–water partition coefficient (Wildman–Crippen LogP) is -1.56. The standard InChI is InChI=1S/C3H6N4O/c4-3(5)7-6-1-2-8/h1-2H,(H4,4,5,7)/b6-1+. The Labute approximate surface area is 46.1 Å². The molecule has 0 aromatic heterocycles. The molecular weight excluding hydrogens is 108 g/mol. The summed E-state index contributed by atoms with van der Waals surface area (Å²) >= 11 is 0. The van der Waals surface area contributed by atoms with Crippen LogP contribution in [0.1, 0.15) is 0 Å². The van der Waals surface area contributed by atoms with Crippen LogP contribution in [0.4, 0.5) is 0 Å². The molecule has 0 bridgehead atoms. The van der Waals surface area contributed by atoms with Crippen LogP contribution in [-0.4, -0.2) is 18.5 Å². The summed E-state index contributed by atoms with van der Waals surface area (Å²) in [4.78, 5) is 9.49. The molecule has 4 N–H and O–H groups in total. The third kappa shape index (κ3) is 4.61. The van der Waals surface area contributed by atoms with E-state index >= 15 is 0 Å². The fourth-order valence-corrected chi connectivity index (χ4v) is 0.127. The van der Waals surface area contributed by atoms with Crippen LogP contribution >= 0.6 is 0 Å². The maximum atomic E-state index is 9.49. The molecule has 0 aliphatic rings. The highest BCUT2D eigenvalue weighted by molar-refractivity contribution is 6.12. The molecule has 0 radical (unpaired) electrons. The van der Waals surface area contributed by atoms with Gasteiger partial charge in [-0.3, -0.25) is 4.79 Å². The van der Waals surface area contributed by atoms with Gasteiger partial charge >= 0.3 is 0 Å². The zero-order valence-electron chi connectivity index (χ0n) is 4.11. The average molecular weight is 114 g/mol. The molecule has 0 unspecified atom stereocenters. The molecule has 5 nitrogen and oxygen atoms in total. The second kappa shape index (κ2) is 3.79.